The van der Waals surface area contributed by atoms with Crippen LogP contribution in [0.2, 0.25) is 0 Å². The van der Waals surface area contributed by atoms with E-state index in [0.717, 1.165) is 11.1 Å². The highest BCUT2D eigenvalue weighted by atomic mass is 16.7. The molecule has 0 saturated heterocycles. The van der Waals surface area contributed by atoms with E-state index in [1.165, 1.54) is 0 Å². The average Bonchev–Trinajstić information content (AvgIpc) is 2.60. The molecule has 2 N–H and O–H groups in total. The van der Waals surface area contributed by atoms with Gasteiger partial charge in [0.15, 0.2) is 6.29 Å². The summed E-state index contributed by atoms with van der Waals surface area (Å²) in [4.78, 5) is 0. The molecule has 0 bridgehead atoms. The van der Waals surface area contributed by atoms with Gasteiger partial charge in [0.1, 0.15) is 0 Å². The summed E-state index contributed by atoms with van der Waals surface area (Å²) in [6.45, 7) is 0.483. The third-order valence-electron chi connectivity index (χ3n) is 3.65. The van der Waals surface area contributed by atoms with Crippen molar-refractivity contribution in [3.8, 4) is 0 Å². The first kappa shape index (κ1) is 16.6. The molecule has 4 nitrogen and oxygen atoms in total. The molecule has 0 aromatic heterocycles. The number of ether oxygens (including phenoxy) is 2. The quantitative estimate of drug-likeness (QED) is 0.736. The summed E-state index contributed by atoms with van der Waals surface area (Å²) in [5.74, 6) is 0. The number of rotatable bonds is 8. The van der Waals surface area contributed by atoms with Crippen LogP contribution in [0.25, 0.3) is 0 Å². The number of nitrogens with one attached hydrogen (secondary N) is 1. The zero-order valence-corrected chi connectivity index (χ0v) is 13.0. The zero-order chi connectivity index (χ0) is 15.8. The van der Waals surface area contributed by atoms with Gasteiger partial charge in [0.2, 0.25) is 0 Å². The normalized spacial score (nSPS) is 14.0. The minimum atomic E-state index is -0.655. The fourth-order valence-corrected chi connectivity index (χ4v) is 2.40. The Kier molecular flexibility index (Phi) is 6.55. The third kappa shape index (κ3) is 4.39. The van der Waals surface area contributed by atoms with Crippen LogP contribution in [0.3, 0.4) is 0 Å². The predicted molar refractivity (Wildman–Crippen MR) is 86.4 cm³/mol. The van der Waals surface area contributed by atoms with E-state index in [4.69, 9.17) is 9.47 Å². The molecule has 4 heteroatoms. The maximum atomic E-state index is 10.7. The molecule has 0 heterocycles. The molecule has 0 radical (unpaired) electrons. The van der Waals surface area contributed by atoms with Crippen molar-refractivity contribution >= 4 is 0 Å². The monoisotopic (exact) mass is 301 g/mol. The van der Waals surface area contributed by atoms with E-state index in [1.807, 2.05) is 60.7 Å². The maximum Gasteiger partial charge on any atom is 0.169 e. The van der Waals surface area contributed by atoms with Crippen molar-refractivity contribution in [2.45, 2.75) is 18.4 Å². The van der Waals surface area contributed by atoms with Crippen molar-refractivity contribution in [3.05, 3.63) is 71.8 Å². The lowest BCUT2D eigenvalue weighted by Crippen LogP contribution is -2.35. The first-order valence-corrected chi connectivity index (χ1v) is 7.33. The topological polar surface area (TPSA) is 50.7 Å². The Bertz CT molecular complexity index is 529. The lowest BCUT2D eigenvalue weighted by molar-refractivity contribution is -0.101. The molecule has 0 amide bonds. The molecule has 0 saturated carbocycles. The Morgan fingerprint density at radius 2 is 1.36 bits per heavy atom. The lowest BCUT2D eigenvalue weighted by Gasteiger charge is -2.26. The number of methoxy groups -OCH3 is 2. The summed E-state index contributed by atoms with van der Waals surface area (Å²) in [6.07, 6.45) is -1.01. The second kappa shape index (κ2) is 8.66. The first-order chi connectivity index (χ1) is 10.8. The molecule has 0 aliphatic heterocycles. The average molecular weight is 301 g/mol. The lowest BCUT2D eigenvalue weighted by atomic mass is 9.96. The minimum Gasteiger partial charge on any atom is -0.386 e. The van der Waals surface area contributed by atoms with Gasteiger partial charge in [0, 0.05) is 20.8 Å². The number of hydrogen-bond acceptors (Lipinski definition) is 4. The number of aliphatic hydroxyl groups excluding tert-OH is 1. The van der Waals surface area contributed by atoms with Crippen LogP contribution in [0.1, 0.15) is 23.3 Å². The SMILES string of the molecule is COC(CN[C@H](c1ccccc1)[C@@H](O)c1ccccc1)OC. The highest BCUT2D eigenvalue weighted by molar-refractivity contribution is 5.26. The van der Waals surface area contributed by atoms with Crippen molar-refractivity contribution in [3.63, 3.8) is 0 Å². The van der Waals surface area contributed by atoms with Crippen LogP contribution in [-0.4, -0.2) is 32.2 Å². The Hall–Kier alpha value is -1.72. The molecule has 0 unspecified atom stereocenters. The van der Waals surface area contributed by atoms with Gasteiger partial charge in [0.25, 0.3) is 0 Å². The van der Waals surface area contributed by atoms with Gasteiger partial charge in [-0.05, 0) is 11.1 Å². The highest BCUT2D eigenvalue weighted by Crippen LogP contribution is 2.28. The molecule has 0 aliphatic rings. The predicted octanol–water partition coefficient (Wildman–Crippen LogP) is 2.67. The first-order valence-electron chi connectivity index (χ1n) is 7.33. The summed E-state index contributed by atoms with van der Waals surface area (Å²) in [6, 6.07) is 19.3. The fourth-order valence-electron chi connectivity index (χ4n) is 2.40. The summed E-state index contributed by atoms with van der Waals surface area (Å²) < 4.78 is 10.4. The summed E-state index contributed by atoms with van der Waals surface area (Å²) >= 11 is 0. The van der Waals surface area contributed by atoms with Crippen LogP contribution in [0.15, 0.2) is 60.7 Å². The van der Waals surface area contributed by atoms with Crippen molar-refractivity contribution in [2.24, 2.45) is 0 Å². The van der Waals surface area contributed by atoms with Crippen molar-refractivity contribution in [2.75, 3.05) is 20.8 Å². The van der Waals surface area contributed by atoms with E-state index in [1.54, 1.807) is 14.2 Å². The van der Waals surface area contributed by atoms with Gasteiger partial charge in [-0.25, -0.2) is 0 Å². The van der Waals surface area contributed by atoms with Gasteiger partial charge in [0.05, 0.1) is 12.1 Å². The smallest absolute Gasteiger partial charge is 0.169 e. The van der Waals surface area contributed by atoms with Gasteiger partial charge >= 0.3 is 0 Å². The van der Waals surface area contributed by atoms with Crippen LogP contribution < -0.4 is 5.32 Å². The number of hydrogen-bond donors (Lipinski definition) is 2. The molecular formula is C18H23NO3. The maximum absolute atomic E-state index is 10.7. The number of benzene rings is 2. The Balaban J connectivity index is 2.18. The van der Waals surface area contributed by atoms with Gasteiger partial charge in [-0.15, -0.1) is 0 Å². The highest BCUT2D eigenvalue weighted by Gasteiger charge is 2.23. The molecule has 2 rings (SSSR count). The second-order valence-electron chi connectivity index (χ2n) is 5.05. The van der Waals surface area contributed by atoms with E-state index in [0.29, 0.717) is 6.54 Å². The van der Waals surface area contributed by atoms with Crippen molar-refractivity contribution in [1.82, 2.24) is 5.32 Å². The van der Waals surface area contributed by atoms with Crippen LogP contribution in [0.5, 0.6) is 0 Å². The molecule has 0 fully saturated rings. The summed E-state index contributed by atoms with van der Waals surface area (Å²) in [7, 11) is 3.20. The van der Waals surface area contributed by atoms with Gasteiger partial charge in [-0.2, -0.15) is 0 Å². The molecule has 22 heavy (non-hydrogen) atoms. The summed E-state index contributed by atoms with van der Waals surface area (Å²) in [5.41, 5.74) is 1.89. The zero-order valence-electron chi connectivity index (χ0n) is 13.0. The molecule has 2 atom stereocenters. The van der Waals surface area contributed by atoms with Crippen LogP contribution in [0, 0.1) is 0 Å². The molecule has 2 aromatic rings. The van der Waals surface area contributed by atoms with Crippen LogP contribution in [0.4, 0.5) is 0 Å². The molecule has 2 aromatic carbocycles. The molecule has 0 spiro atoms. The Morgan fingerprint density at radius 3 is 1.86 bits per heavy atom. The number of aliphatic hydroxyl groups is 1. The van der Waals surface area contributed by atoms with E-state index in [2.05, 4.69) is 5.32 Å². The van der Waals surface area contributed by atoms with Crippen LogP contribution in [-0.2, 0) is 9.47 Å². The molecular weight excluding hydrogens is 278 g/mol. The van der Waals surface area contributed by atoms with Crippen molar-refractivity contribution < 1.29 is 14.6 Å². The van der Waals surface area contributed by atoms with E-state index >= 15 is 0 Å². The fraction of sp³-hybridized carbons (Fsp3) is 0.333. The second-order valence-corrected chi connectivity index (χ2v) is 5.05. The minimum absolute atomic E-state index is 0.239. The van der Waals surface area contributed by atoms with Crippen molar-refractivity contribution in [1.29, 1.82) is 0 Å². The van der Waals surface area contributed by atoms with E-state index < -0.39 is 6.10 Å². The van der Waals surface area contributed by atoms with E-state index in [-0.39, 0.29) is 12.3 Å². The van der Waals surface area contributed by atoms with Gasteiger partial charge in [-0.1, -0.05) is 60.7 Å². The Labute approximate surface area is 131 Å². The Morgan fingerprint density at radius 1 is 0.864 bits per heavy atom. The van der Waals surface area contributed by atoms with Gasteiger partial charge in [-0.3, -0.25) is 0 Å². The molecule has 118 valence electrons. The molecule has 0 aliphatic carbocycles. The van der Waals surface area contributed by atoms with Gasteiger partial charge < -0.3 is 19.9 Å². The summed E-state index contributed by atoms with van der Waals surface area (Å²) in [5, 5.41) is 14.1. The van der Waals surface area contributed by atoms with Crippen LogP contribution >= 0.6 is 0 Å². The standard InChI is InChI=1S/C18H23NO3/c1-21-16(22-2)13-19-17(14-9-5-3-6-10-14)18(20)15-11-7-4-8-12-15/h3-12,16-20H,13H2,1-2H3/t17-,18+/m1/s1. The largest absolute Gasteiger partial charge is 0.386 e. The third-order valence-corrected chi connectivity index (χ3v) is 3.65. The van der Waals surface area contributed by atoms with E-state index in [9.17, 15) is 5.11 Å².